The molecular weight excluding hydrogens is 338 g/mol. The summed E-state index contributed by atoms with van der Waals surface area (Å²) >= 11 is 0. The molecule has 0 fully saturated rings. The monoisotopic (exact) mass is 353 g/mol. The van der Waals surface area contributed by atoms with Gasteiger partial charge in [-0.15, -0.1) is 0 Å². The topological polar surface area (TPSA) is 117 Å². The molecule has 0 bridgehead atoms. The van der Waals surface area contributed by atoms with Crippen LogP contribution in [0.4, 0.5) is 0 Å². The van der Waals surface area contributed by atoms with Gasteiger partial charge in [0.05, 0.1) is 5.39 Å². The minimum atomic E-state index is -1.27. The molecule has 0 aliphatic heterocycles. The van der Waals surface area contributed by atoms with Crippen LogP contribution in [0.1, 0.15) is 15.9 Å². The van der Waals surface area contributed by atoms with Crippen LogP contribution in [0.3, 0.4) is 0 Å². The lowest BCUT2D eigenvalue weighted by Gasteiger charge is -2.10. The lowest BCUT2D eigenvalue weighted by atomic mass is 10.00. The van der Waals surface area contributed by atoms with Crippen LogP contribution >= 0.6 is 0 Å². The zero-order valence-corrected chi connectivity index (χ0v) is 13.8. The van der Waals surface area contributed by atoms with Gasteiger partial charge in [-0.2, -0.15) is 0 Å². The highest BCUT2D eigenvalue weighted by Gasteiger charge is 2.22. The highest BCUT2D eigenvalue weighted by Crippen LogP contribution is 2.33. The number of aliphatic carboxylic acids is 1. The van der Waals surface area contributed by atoms with Crippen molar-refractivity contribution in [2.75, 3.05) is 6.54 Å². The van der Waals surface area contributed by atoms with Gasteiger partial charge in [0.15, 0.2) is 5.56 Å². The van der Waals surface area contributed by atoms with Gasteiger partial charge in [-0.25, -0.2) is 4.79 Å². The molecule has 2 aromatic carbocycles. The van der Waals surface area contributed by atoms with Gasteiger partial charge in [-0.05, 0) is 18.6 Å². The van der Waals surface area contributed by atoms with Crippen molar-refractivity contribution < 1.29 is 24.2 Å². The number of aromatic hydroxyl groups is 1. The van der Waals surface area contributed by atoms with Gasteiger partial charge >= 0.3 is 11.6 Å². The SMILES string of the molecule is Cc1cccc(-c2cccc3c(O)c(C(=O)NCC(=O)O)c(=O)oc23)c1. The fraction of sp³-hybridized carbons (Fsp3) is 0.105. The molecule has 0 aliphatic rings. The standard InChI is InChI=1S/C19H15NO6/c1-10-4-2-5-11(8-10)12-6-3-7-13-16(23)15(19(25)26-17(12)13)18(24)20-9-14(21)22/h2-8,23H,9H2,1H3,(H,20,24)(H,21,22). The number of carboxylic acid groups (broad SMARTS) is 1. The molecule has 0 atom stereocenters. The number of amides is 1. The van der Waals surface area contributed by atoms with E-state index in [2.05, 4.69) is 0 Å². The van der Waals surface area contributed by atoms with Crippen LogP contribution in [0.2, 0.25) is 0 Å². The van der Waals surface area contributed by atoms with Gasteiger partial charge < -0.3 is 19.9 Å². The first-order valence-corrected chi connectivity index (χ1v) is 7.74. The molecule has 0 unspecified atom stereocenters. The fourth-order valence-corrected chi connectivity index (χ4v) is 2.69. The van der Waals surface area contributed by atoms with Crippen molar-refractivity contribution in [2.45, 2.75) is 6.92 Å². The number of carboxylic acids is 1. The first-order valence-electron chi connectivity index (χ1n) is 7.74. The van der Waals surface area contributed by atoms with Crippen molar-refractivity contribution in [2.24, 2.45) is 0 Å². The van der Waals surface area contributed by atoms with Crippen LogP contribution in [0.15, 0.2) is 51.7 Å². The number of carbonyl (C=O) groups is 2. The Hall–Kier alpha value is -3.61. The summed E-state index contributed by atoms with van der Waals surface area (Å²) in [4.78, 5) is 34.9. The molecule has 7 nitrogen and oxygen atoms in total. The largest absolute Gasteiger partial charge is 0.506 e. The lowest BCUT2D eigenvalue weighted by molar-refractivity contribution is -0.135. The number of hydrogen-bond acceptors (Lipinski definition) is 5. The van der Waals surface area contributed by atoms with Crippen LogP contribution in [-0.4, -0.2) is 28.6 Å². The Kier molecular flexibility index (Phi) is 4.45. The molecule has 26 heavy (non-hydrogen) atoms. The Bertz CT molecular complexity index is 1080. The number of hydrogen-bond donors (Lipinski definition) is 3. The predicted molar refractivity (Wildman–Crippen MR) is 94.3 cm³/mol. The molecule has 3 rings (SSSR count). The van der Waals surface area contributed by atoms with Gasteiger partial charge in [-0.1, -0.05) is 42.0 Å². The summed E-state index contributed by atoms with van der Waals surface area (Å²) in [7, 11) is 0. The molecule has 1 heterocycles. The van der Waals surface area contributed by atoms with E-state index in [0.717, 1.165) is 11.1 Å². The second-order valence-corrected chi connectivity index (χ2v) is 5.74. The Labute approximate surface area is 147 Å². The molecule has 0 spiro atoms. The minimum absolute atomic E-state index is 0.149. The maximum atomic E-state index is 12.3. The van der Waals surface area contributed by atoms with Crippen LogP contribution in [-0.2, 0) is 4.79 Å². The van der Waals surface area contributed by atoms with Crippen molar-refractivity contribution >= 4 is 22.8 Å². The summed E-state index contributed by atoms with van der Waals surface area (Å²) < 4.78 is 5.30. The minimum Gasteiger partial charge on any atom is -0.506 e. The molecule has 132 valence electrons. The first kappa shape index (κ1) is 17.2. The molecule has 3 aromatic rings. The second-order valence-electron chi connectivity index (χ2n) is 5.74. The van der Waals surface area contributed by atoms with Gasteiger partial charge in [0.25, 0.3) is 5.91 Å². The van der Waals surface area contributed by atoms with Crippen LogP contribution < -0.4 is 10.9 Å². The molecule has 0 radical (unpaired) electrons. The summed E-state index contributed by atoms with van der Waals surface area (Å²) in [6, 6.07) is 12.4. The predicted octanol–water partition coefficient (Wildman–Crippen LogP) is 2.29. The summed E-state index contributed by atoms with van der Waals surface area (Å²) in [5, 5.41) is 21.3. The van der Waals surface area contributed by atoms with Crippen molar-refractivity contribution in [3.8, 4) is 16.9 Å². The Morgan fingerprint density at radius 3 is 2.58 bits per heavy atom. The van der Waals surface area contributed by atoms with Crippen molar-refractivity contribution in [3.63, 3.8) is 0 Å². The first-order chi connectivity index (χ1) is 12.4. The maximum Gasteiger partial charge on any atom is 0.353 e. The number of fused-ring (bicyclic) bond motifs is 1. The number of aryl methyl sites for hydroxylation is 1. The van der Waals surface area contributed by atoms with E-state index in [1.165, 1.54) is 6.07 Å². The van der Waals surface area contributed by atoms with Crippen LogP contribution in [0.25, 0.3) is 22.1 Å². The number of benzene rings is 2. The number of nitrogens with one attached hydrogen (secondary N) is 1. The summed E-state index contributed by atoms with van der Waals surface area (Å²) in [5.41, 5.74) is 0.876. The molecule has 0 saturated carbocycles. The van der Waals surface area contributed by atoms with E-state index in [1.807, 2.05) is 36.5 Å². The number of para-hydroxylation sites is 1. The van der Waals surface area contributed by atoms with E-state index < -0.39 is 35.4 Å². The molecule has 3 N–H and O–H groups in total. The van der Waals surface area contributed by atoms with E-state index in [0.29, 0.717) is 5.56 Å². The van der Waals surface area contributed by atoms with Gasteiger partial charge in [0.1, 0.15) is 17.9 Å². The highest BCUT2D eigenvalue weighted by molar-refractivity contribution is 6.04. The average molecular weight is 353 g/mol. The number of rotatable bonds is 4. The number of carbonyl (C=O) groups excluding carboxylic acids is 1. The zero-order chi connectivity index (χ0) is 18.8. The van der Waals surface area contributed by atoms with Crippen molar-refractivity contribution in [1.82, 2.24) is 5.32 Å². The van der Waals surface area contributed by atoms with Gasteiger partial charge in [0, 0.05) is 5.56 Å². The average Bonchev–Trinajstić information content (AvgIpc) is 2.59. The zero-order valence-electron chi connectivity index (χ0n) is 13.8. The molecule has 1 aromatic heterocycles. The normalized spacial score (nSPS) is 10.7. The molecule has 0 saturated heterocycles. The van der Waals surface area contributed by atoms with Crippen LogP contribution in [0, 0.1) is 6.92 Å². The van der Waals surface area contributed by atoms with Crippen molar-refractivity contribution in [3.05, 3.63) is 64.0 Å². The van der Waals surface area contributed by atoms with E-state index in [9.17, 15) is 19.5 Å². The lowest BCUT2D eigenvalue weighted by Crippen LogP contribution is -2.32. The highest BCUT2D eigenvalue weighted by atomic mass is 16.4. The molecular formula is C19H15NO6. The van der Waals surface area contributed by atoms with E-state index in [1.54, 1.807) is 12.1 Å². The third kappa shape index (κ3) is 3.14. The Morgan fingerprint density at radius 2 is 1.88 bits per heavy atom. The maximum absolute atomic E-state index is 12.3. The summed E-state index contributed by atoms with van der Waals surface area (Å²) in [6.07, 6.45) is 0. The quantitative estimate of drug-likeness (QED) is 0.620. The van der Waals surface area contributed by atoms with Crippen molar-refractivity contribution in [1.29, 1.82) is 0 Å². The Morgan fingerprint density at radius 1 is 1.15 bits per heavy atom. The second kappa shape index (κ2) is 6.72. The van der Waals surface area contributed by atoms with Gasteiger partial charge in [0.2, 0.25) is 0 Å². The summed E-state index contributed by atoms with van der Waals surface area (Å²) in [5.74, 6) is -2.83. The third-order valence-corrected chi connectivity index (χ3v) is 3.86. The van der Waals surface area contributed by atoms with E-state index in [-0.39, 0.29) is 11.0 Å². The van der Waals surface area contributed by atoms with Crippen LogP contribution in [0.5, 0.6) is 5.75 Å². The molecule has 1 amide bonds. The molecule has 7 heteroatoms. The van der Waals surface area contributed by atoms with Gasteiger partial charge in [-0.3, -0.25) is 9.59 Å². The molecule has 0 aliphatic carbocycles. The van der Waals surface area contributed by atoms with E-state index in [4.69, 9.17) is 9.52 Å². The smallest absolute Gasteiger partial charge is 0.353 e. The fourth-order valence-electron chi connectivity index (χ4n) is 2.69. The summed E-state index contributed by atoms with van der Waals surface area (Å²) in [6.45, 7) is 1.24. The third-order valence-electron chi connectivity index (χ3n) is 3.86. The van der Waals surface area contributed by atoms with E-state index >= 15 is 0 Å². The Balaban J connectivity index is 2.18.